The highest BCUT2D eigenvalue weighted by atomic mass is 35.5. The smallest absolute Gasteiger partial charge is 0.385 e. The van der Waals surface area contributed by atoms with E-state index in [1.165, 1.54) is 0 Å². The summed E-state index contributed by atoms with van der Waals surface area (Å²) in [5.74, 6) is 0. The Balaban J connectivity index is 2.09. The average Bonchev–Trinajstić information content (AvgIpc) is 2.22. The van der Waals surface area contributed by atoms with Crippen molar-refractivity contribution in [2.24, 2.45) is 0 Å². The maximum absolute atomic E-state index is 11.7. The SMILES string of the molecule is FC(F)(F)COCCCNc1cccc(Cl)c1. The fourth-order valence-corrected chi connectivity index (χ4v) is 1.38. The Hall–Kier alpha value is -0.940. The maximum Gasteiger partial charge on any atom is 0.411 e. The van der Waals surface area contributed by atoms with E-state index in [1.54, 1.807) is 18.2 Å². The molecule has 2 nitrogen and oxygen atoms in total. The second kappa shape index (κ2) is 6.71. The van der Waals surface area contributed by atoms with Crippen molar-refractivity contribution in [2.75, 3.05) is 25.1 Å². The second-order valence-corrected chi connectivity index (χ2v) is 3.89. The zero-order chi connectivity index (χ0) is 12.7. The highest BCUT2D eigenvalue weighted by molar-refractivity contribution is 6.30. The Morgan fingerprint density at radius 3 is 2.71 bits per heavy atom. The van der Waals surface area contributed by atoms with Gasteiger partial charge in [0.15, 0.2) is 0 Å². The first-order valence-corrected chi connectivity index (χ1v) is 5.49. The summed E-state index contributed by atoms with van der Waals surface area (Å²) < 4.78 is 39.6. The largest absolute Gasteiger partial charge is 0.411 e. The standard InChI is InChI=1S/C11H13ClF3NO/c12-9-3-1-4-10(7-9)16-5-2-6-17-8-11(13,14)15/h1,3-4,7,16H,2,5-6,8H2. The Bertz CT molecular complexity index is 344. The second-order valence-electron chi connectivity index (χ2n) is 3.46. The van der Waals surface area contributed by atoms with Gasteiger partial charge in [-0.3, -0.25) is 0 Å². The molecular weight excluding hydrogens is 255 g/mol. The number of nitrogens with one attached hydrogen (secondary N) is 1. The van der Waals surface area contributed by atoms with Gasteiger partial charge in [0.25, 0.3) is 0 Å². The minimum absolute atomic E-state index is 0.0765. The van der Waals surface area contributed by atoms with Crippen molar-refractivity contribution in [3.05, 3.63) is 29.3 Å². The number of halogens is 4. The quantitative estimate of drug-likeness (QED) is 0.793. The Kier molecular flexibility index (Phi) is 5.58. The fraction of sp³-hybridized carbons (Fsp3) is 0.455. The van der Waals surface area contributed by atoms with Gasteiger partial charge in [-0.15, -0.1) is 0 Å². The molecule has 6 heteroatoms. The molecule has 0 amide bonds. The van der Waals surface area contributed by atoms with Crippen LogP contribution in [0.1, 0.15) is 6.42 Å². The molecule has 1 aromatic carbocycles. The van der Waals surface area contributed by atoms with Gasteiger partial charge in [-0.25, -0.2) is 0 Å². The van der Waals surface area contributed by atoms with Crippen LogP contribution in [0, 0.1) is 0 Å². The van der Waals surface area contributed by atoms with Crippen LogP contribution in [0.5, 0.6) is 0 Å². The van der Waals surface area contributed by atoms with Crippen LogP contribution in [0.25, 0.3) is 0 Å². The first-order valence-electron chi connectivity index (χ1n) is 5.11. The molecule has 0 spiro atoms. The number of hydrogen-bond donors (Lipinski definition) is 1. The molecule has 0 saturated heterocycles. The summed E-state index contributed by atoms with van der Waals surface area (Å²) in [7, 11) is 0. The fourth-order valence-electron chi connectivity index (χ4n) is 1.19. The Labute approximate surface area is 103 Å². The van der Waals surface area contributed by atoms with Crippen molar-refractivity contribution in [3.8, 4) is 0 Å². The molecule has 0 heterocycles. The number of anilines is 1. The van der Waals surface area contributed by atoms with E-state index in [2.05, 4.69) is 10.1 Å². The van der Waals surface area contributed by atoms with Crippen LogP contribution in [0.15, 0.2) is 24.3 Å². The number of alkyl halides is 3. The number of ether oxygens (including phenoxy) is 1. The average molecular weight is 268 g/mol. The monoisotopic (exact) mass is 267 g/mol. The van der Waals surface area contributed by atoms with Crippen molar-refractivity contribution < 1.29 is 17.9 Å². The summed E-state index contributed by atoms with van der Waals surface area (Å²) in [5.41, 5.74) is 0.841. The molecule has 1 N–H and O–H groups in total. The van der Waals surface area contributed by atoms with Gasteiger partial charge in [-0.05, 0) is 24.6 Å². The van der Waals surface area contributed by atoms with Crippen LogP contribution < -0.4 is 5.32 Å². The normalized spacial score (nSPS) is 11.5. The van der Waals surface area contributed by atoms with Crippen LogP contribution in [-0.2, 0) is 4.74 Å². The third-order valence-electron chi connectivity index (χ3n) is 1.88. The van der Waals surface area contributed by atoms with Crippen LogP contribution >= 0.6 is 11.6 Å². The van der Waals surface area contributed by atoms with Gasteiger partial charge in [0.05, 0.1) is 0 Å². The van der Waals surface area contributed by atoms with Gasteiger partial charge < -0.3 is 10.1 Å². The topological polar surface area (TPSA) is 21.3 Å². The zero-order valence-electron chi connectivity index (χ0n) is 9.06. The van der Waals surface area contributed by atoms with E-state index in [9.17, 15) is 13.2 Å². The predicted molar refractivity (Wildman–Crippen MR) is 61.4 cm³/mol. The van der Waals surface area contributed by atoms with E-state index >= 15 is 0 Å². The van der Waals surface area contributed by atoms with Crippen molar-refractivity contribution in [1.82, 2.24) is 0 Å². The van der Waals surface area contributed by atoms with E-state index in [0.29, 0.717) is 18.0 Å². The van der Waals surface area contributed by atoms with Gasteiger partial charge in [-0.1, -0.05) is 17.7 Å². The lowest BCUT2D eigenvalue weighted by molar-refractivity contribution is -0.173. The third-order valence-corrected chi connectivity index (χ3v) is 2.12. The van der Waals surface area contributed by atoms with Crippen LogP contribution in [0.2, 0.25) is 5.02 Å². The van der Waals surface area contributed by atoms with E-state index in [4.69, 9.17) is 11.6 Å². The van der Waals surface area contributed by atoms with Crippen LogP contribution in [0.4, 0.5) is 18.9 Å². The molecule has 0 aromatic heterocycles. The maximum atomic E-state index is 11.7. The molecule has 96 valence electrons. The summed E-state index contributed by atoms with van der Waals surface area (Å²) in [5, 5.41) is 3.65. The summed E-state index contributed by atoms with van der Waals surface area (Å²) in [6.07, 6.45) is -3.75. The highest BCUT2D eigenvalue weighted by Crippen LogP contribution is 2.15. The molecule has 1 aromatic rings. The van der Waals surface area contributed by atoms with Gasteiger partial charge in [0.2, 0.25) is 0 Å². The number of hydrogen-bond acceptors (Lipinski definition) is 2. The van der Waals surface area contributed by atoms with Gasteiger partial charge in [-0.2, -0.15) is 13.2 Å². The van der Waals surface area contributed by atoms with E-state index < -0.39 is 12.8 Å². The summed E-state index contributed by atoms with van der Waals surface area (Å²) in [6.45, 7) is -0.574. The van der Waals surface area contributed by atoms with E-state index in [-0.39, 0.29) is 6.61 Å². The summed E-state index contributed by atoms with van der Waals surface area (Å²) in [6, 6.07) is 7.13. The molecule has 0 aliphatic carbocycles. The summed E-state index contributed by atoms with van der Waals surface area (Å²) >= 11 is 5.77. The molecule has 0 unspecified atom stereocenters. The lowest BCUT2D eigenvalue weighted by atomic mass is 10.3. The molecule has 0 fully saturated rings. The Morgan fingerprint density at radius 2 is 2.06 bits per heavy atom. The van der Waals surface area contributed by atoms with Crippen LogP contribution in [-0.4, -0.2) is 25.9 Å². The van der Waals surface area contributed by atoms with Gasteiger partial charge in [0, 0.05) is 23.9 Å². The molecule has 0 bridgehead atoms. The number of rotatable bonds is 6. The van der Waals surface area contributed by atoms with Gasteiger partial charge in [0.1, 0.15) is 6.61 Å². The molecule has 0 aliphatic rings. The Morgan fingerprint density at radius 1 is 1.29 bits per heavy atom. The van der Waals surface area contributed by atoms with Gasteiger partial charge >= 0.3 is 6.18 Å². The van der Waals surface area contributed by atoms with Crippen LogP contribution in [0.3, 0.4) is 0 Å². The highest BCUT2D eigenvalue weighted by Gasteiger charge is 2.27. The number of benzene rings is 1. The van der Waals surface area contributed by atoms with Crippen molar-refractivity contribution in [3.63, 3.8) is 0 Å². The zero-order valence-corrected chi connectivity index (χ0v) is 9.81. The molecular formula is C11H13ClF3NO. The third kappa shape index (κ3) is 7.07. The minimum Gasteiger partial charge on any atom is -0.385 e. The van der Waals surface area contributed by atoms with Crippen molar-refractivity contribution in [1.29, 1.82) is 0 Å². The molecule has 1 rings (SSSR count). The lowest BCUT2D eigenvalue weighted by Gasteiger charge is -2.09. The minimum atomic E-state index is -4.25. The first kappa shape index (κ1) is 14.1. The van der Waals surface area contributed by atoms with Crippen molar-refractivity contribution in [2.45, 2.75) is 12.6 Å². The summed E-state index contributed by atoms with van der Waals surface area (Å²) in [4.78, 5) is 0. The van der Waals surface area contributed by atoms with E-state index in [0.717, 1.165) is 5.69 Å². The van der Waals surface area contributed by atoms with Crippen molar-refractivity contribution >= 4 is 17.3 Å². The molecule has 0 radical (unpaired) electrons. The molecule has 0 atom stereocenters. The molecule has 0 aliphatic heterocycles. The van der Waals surface area contributed by atoms with E-state index in [1.807, 2.05) is 6.07 Å². The first-order chi connectivity index (χ1) is 7.97. The predicted octanol–water partition coefficient (Wildman–Crippen LogP) is 3.72. The lowest BCUT2D eigenvalue weighted by Crippen LogP contribution is -2.18. The molecule has 0 saturated carbocycles. The molecule has 17 heavy (non-hydrogen) atoms.